The van der Waals surface area contributed by atoms with E-state index in [-0.39, 0.29) is 0 Å². The van der Waals surface area contributed by atoms with E-state index in [4.69, 9.17) is 4.74 Å². The number of ether oxygens (including phenoxy) is 1. The molecule has 0 radical (unpaired) electrons. The lowest BCUT2D eigenvalue weighted by molar-refractivity contribution is 0.0367. The van der Waals surface area contributed by atoms with E-state index in [1.54, 1.807) is 0 Å². The topological polar surface area (TPSA) is 15.7 Å². The summed E-state index contributed by atoms with van der Waals surface area (Å²) in [5.74, 6) is 0.891. The van der Waals surface area contributed by atoms with Gasteiger partial charge < -0.3 is 4.74 Å². The third-order valence-corrected chi connectivity index (χ3v) is 4.68. The van der Waals surface area contributed by atoms with Gasteiger partial charge in [0.05, 0.1) is 13.2 Å². The summed E-state index contributed by atoms with van der Waals surface area (Å²) in [4.78, 5) is 3.78. The van der Waals surface area contributed by atoms with Gasteiger partial charge in [0.15, 0.2) is 0 Å². The number of morpholine rings is 1. The average Bonchev–Trinajstić information content (AvgIpc) is 2.48. The van der Waals surface area contributed by atoms with E-state index in [0.717, 1.165) is 51.7 Å². The summed E-state index contributed by atoms with van der Waals surface area (Å²) < 4.78 is 7.80. The standard InChI is InChI=1S/C15H24N2OS2/c1-14-2-4-15(5-3-14)20-17(10-13-19)7-6-16-8-11-18-12-9-16/h2-5,19H,6-13H2,1H3. The first-order chi connectivity index (χ1) is 9.78. The minimum absolute atomic E-state index is 0.873. The molecule has 5 heteroatoms. The molecule has 0 saturated carbocycles. The van der Waals surface area contributed by atoms with Crippen molar-refractivity contribution in [1.82, 2.24) is 9.21 Å². The van der Waals surface area contributed by atoms with Crippen LogP contribution in [0, 0.1) is 6.92 Å². The first kappa shape index (κ1) is 16.2. The van der Waals surface area contributed by atoms with E-state index < -0.39 is 0 Å². The zero-order valence-corrected chi connectivity index (χ0v) is 13.8. The number of hydrogen-bond donors (Lipinski definition) is 1. The van der Waals surface area contributed by atoms with Gasteiger partial charge in [0.25, 0.3) is 0 Å². The summed E-state index contributed by atoms with van der Waals surface area (Å²) in [7, 11) is 0. The zero-order chi connectivity index (χ0) is 14.2. The fourth-order valence-corrected chi connectivity index (χ4v) is 3.43. The van der Waals surface area contributed by atoms with Crippen LogP contribution in [0.15, 0.2) is 29.2 Å². The highest BCUT2D eigenvalue weighted by atomic mass is 32.2. The van der Waals surface area contributed by atoms with Crippen molar-refractivity contribution >= 4 is 24.6 Å². The molecule has 0 unspecified atom stereocenters. The Morgan fingerprint density at radius 1 is 1.20 bits per heavy atom. The third kappa shape index (κ3) is 5.66. The molecule has 1 aromatic rings. The lowest BCUT2D eigenvalue weighted by Gasteiger charge is -2.29. The normalized spacial score (nSPS) is 16.8. The number of benzene rings is 1. The van der Waals surface area contributed by atoms with Crippen LogP contribution in [-0.4, -0.2) is 60.9 Å². The second-order valence-electron chi connectivity index (χ2n) is 5.01. The highest BCUT2D eigenvalue weighted by Crippen LogP contribution is 2.22. The smallest absolute Gasteiger partial charge is 0.0594 e. The van der Waals surface area contributed by atoms with E-state index in [1.807, 2.05) is 11.9 Å². The van der Waals surface area contributed by atoms with Crippen LogP contribution in [0.5, 0.6) is 0 Å². The fraction of sp³-hybridized carbons (Fsp3) is 0.600. The summed E-state index contributed by atoms with van der Waals surface area (Å²) >= 11 is 6.21. The fourth-order valence-electron chi connectivity index (χ4n) is 2.14. The van der Waals surface area contributed by atoms with Gasteiger partial charge in [-0.25, -0.2) is 4.31 Å². The van der Waals surface area contributed by atoms with Crippen molar-refractivity contribution in [3.63, 3.8) is 0 Å². The van der Waals surface area contributed by atoms with E-state index in [9.17, 15) is 0 Å². The molecule has 20 heavy (non-hydrogen) atoms. The van der Waals surface area contributed by atoms with Crippen LogP contribution in [0.3, 0.4) is 0 Å². The minimum Gasteiger partial charge on any atom is -0.379 e. The molecule has 112 valence electrons. The molecule has 0 aliphatic carbocycles. The minimum atomic E-state index is 0.873. The van der Waals surface area contributed by atoms with Crippen LogP contribution in [0.4, 0.5) is 0 Å². The van der Waals surface area contributed by atoms with Crippen LogP contribution >= 0.6 is 24.6 Å². The maximum Gasteiger partial charge on any atom is 0.0594 e. The van der Waals surface area contributed by atoms with Gasteiger partial charge in [-0.2, -0.15) is 12.6 Å². The first-order valence-electron chi connectivity index (χ1n) is 7.18. The number of thiol groups is 1. The molecule has 3 nitrogen and oxygen atoms in total. The van der Waals surface area contributed by atoms with Gasteiger partial charge in [0.2, 0.25) is 0 Å². The van der Waals surface area contributed by atoms with Crippen molar-refractivity contribution in [2.45, 2.75) is 11.8 Å². The monoisotopic (exact) mass is 312 g/mol. The van der Waals surface area contributed by atoms with Crippen molar-refractivity contribution in [2.75, 3.05) is 51.7 Å². The van der Waals surface area contributed by atoms with Gasteiger partial charge in [-0.15, -0.1) is 0 Å². The number of nitrogens with zero attached hydrogens (tertiary/aromatic N) is 2. The van der Waals surface area contributed by atoms with Crippen LogP contribution in [0.1, 0.15) is 5.56 Å². The highest BCUT2D eigenvalue weighted by molar-refractivity contribution is 7.97. The largest absolute Gasteiger partial charge is 0.379 e. The summed E-state index contributed by atoms with van der Waals surface area (Å²) in [6.07, 6.45) is 0. The third-order valence-electron chi connectivity index (χ3n) is 3.37. The lowest BCUT2D eigenvalue weighted by Crippen LogP contribution is -2.40. The summed E-state index contributed by atoms with van der Waals surface area (Å²) in [6, 6.07) is 8.73. The Labute approximate surface area is 132 Å². The van der Waals surface area contributed by atoms with Gasteiger partial charge in [-0.1, -0.05) is 17.7 Å². The van der Waals surface area contributed by atoms with Gasteiger partial charge in [0, 0.05) is 43.4 Å². The van der Waals surface area contributed by atoms with Crippen LogP contribution in [0.2, 0.25) is 0 Å². The number of rotatable bonds is 7. The van der Waals surface area contributed by atoms with Crippen LogP contribution in [-0.2, 0) is 4.74 Å². The maximum absolute atomic E-state index is 5.39. The Morgan fingerprint density at radius 3 is 2.55 bits per heavy atom. The van der Waals surface area contributed by atoms with Crippen molar-refractivity contribution in [1.29, 1.82) is 0 Å². The SMILES string of the molecule is Cc1ccc(SN(CCS)CCN2CCOCC2)cc1. The number of hydrogen-bond acceptors (Lipinski definition) is 5. The second-order valence-corrected chi connectivity index (χ2v) is 6.63. The summed E-state index contributed by atoms with van der Waals surface area (Å²) in [6.45, 7) is 9.17. The summed E-state index contributed by atoms with van der Waals surface area (Å²) in [5.41, 5.74) is 1.31. The van der Waals surface area contributed by atoms with E-state index in [1.165, 1.54) is 10.5 Å². The molecule has 0 amide bonds. The molecular formula is C15H24N2OS2. The molecule has 0 bridgehead atoms. The van der Waals surface area contributed by atoms with Gasteiger partial charge in [-0.3, -0.25) is 4.90 Å². The molecule has 1 fully saturated rings. The molecule has 1 aromatic carbocycles. The van der Waals surface area contributed by atoms with Gasteiger partial charge >= 0.3 is 0 Å². The van der Waals surface area contributed by atoms with Crippen molar-refractivity contribution in [3.05, 3.63) is 29.8 Å². The molecule has 0 atom stereocenters. The molecule has 1 aliphatic heterocycles. The molecule has 2 rings (SSSR count). The lowest BCUT2D eigenvalue weighted by atomic mass is 10.2. The molecule has 0 N–H and O–H groups in total. The predicted molar refractivity (Wildman–Crippen MR) is 89.7 cm³/mol. The van der Waals surface area contributed by atoms with Crippen molar-refractivity contribution in [3.8, 4) is 0 Å². The molecule has 0 spiro atoms. The quantitative estimate of drug-likeness (QED) is 0.615. The Hall–Kier alpha value is -0.200. The Bertz CT molecular complexity index is 380. The van der Waals surface area contributed by atoms with Crippen molar-refractivity contribution in [2.24, 2.45) is 0 Å². The van der Waals surface area contributed by atoms with E-state index >= 15 is 0 Å². The highest BCUT2D eigenvalue weighted by Gasteiger charge is 2.13. The molecule has 1 heterocycles. The summed E-state index contributed by atoms with van der Waals surface area (Å²) in [5, 5.41) is 0. The van der Waals surface area contributed by atoms with Gasteiger partial charge in [-0.05, 0) is 31.0 Å². The average molecular weight is 313 g/mol. The molecule has 1 aliphatic rings. The van der Waals surface area contributed by atoms with Crippen LogP contribution in [0.25, 0.3) is 0 Å². The predicted octanol–water partition coefficient (Wildman–Crippen LogP) is 2.57. The van der Waals surface area contributed by atoms with Crippen LogP contribution < -0.4 is 0 Å². The molecule has 1 saturated heterocycles. The Kier molecular flexibility index (Phi) is 7.24. The second kappa shape index (κ2) is 8.95. The maximum atomic E-state index is 5.39. The Balaban J connectivity index is 1.81. The van der Waals surface area contributed by atoms with E-state index in [0.29, 0.717) is 0 Å². The van der Waals surface area contributed by atoms with E-state index in [2.05, 4.69) is 53.0 Å². The molecule has 0 aromatic heterocycles. The first-order valence-corrected chi connectivity index (χ1v) is 8.59. The molecular weight excluding hydrogens is 288 g/mol. The Morgan fingerprint density at radius 2 is 1.90 bits per heavy atom. The van der Waals surface area contributed by atoms with Gasteiger partial charge in [0.1, 0.15) is 0 Å². The number of aryl methyl sites for hydroxylation is 1. The van der Waals surface area contributed by atoms with Crippen molar-refractivity contribution < 1.29 is 4.74 Å². The zero-order valence-electron chi connectivity index (χ0n) is 12.1.